The van der Waals surface area contributed by atoms with E-state index >= 15 is 0 Å². The zero-order valence-corrected chi connectivity index (χ0v) is 11.1. The van der Waals surface area contributed by atoms with Crippen LogP contribution >= 0.6 is 0 Å². The first-order valence-electron chi connectivity index (χ1n) is 6.19. The molecule has 19 heavy (non-hydrogen) atoms. The lowest BCUT2D eigenvalue weighted by atomic mass is 10.1. The lowest BCUT2D eigenvalue weighted by molar-refractivity contribution is 0.303. The highest BCUT2D eigenvalue weighted by atomic mass is 19.1. The number of aromatic nitrogens is 1. The molecule has 1 heterocycles. The maximum absolute atomic E-state index is 13.9. The van der Waals surface area contributed by atoms with E-state index in [1.807, 2.05) is 19.1 Å². The largest absolute Gasteiger partial charge is 0.489 e. The summed E-state index contributed by atoms with van der Waals surface area (Å²) in [6.45, 7) is 2.29. The van der Waals surface area contributed by atoms with Gasteiger partial charge in [0, 0.05) is 35.6 Å². The predicted molar refractivity (Wildman–Crippen MR) is 72.4 cm³/mol. The van der Waals surface area contributed by atoms with Crippen LogP contribution in [0.1, 0.15) is 24.1 Å². The number of ether oxygens (including phenoxy) is 1. The van der Waals surface area contributed by atoms with Crippen LogP contribution in [0.25, 0.3) is 0 Å². The standard InChI is InChI=1S/C15H17FN2O/c1-11(17-2)14-6-5-13(8-15(14)16)19-10-12-4-3-7-18-9-12/h3-9,11,17H,10H2,1-2H3. The van der Waals surface area contributed by atoms with E-state index in [9.17, 15) is 4.39 Å². The van der Waals surface area contributed by atoms with Gasteiger partial charge in [-0.3, -0.25) is 4.98 Å². The molecule has 0 amide bonds. The van der Waals surface area contributed by atoms with Crippen molar-refractivity contribution < 1.29 is 9.13 Å². The Bertz CT molecular complexity index is 531. The van der Waals surface area contributed by atoms with Crippen molar-refractivity contribution in [3.63, 3.8) is 0 Å². The van der Waals surface area contributed by atoms with Crippen molar-refractivity contribution in [3.05, 3.63) is 59.7 Å². The topological polar surface area (TPSA) is 34.1 Å². The maximum atomic E-state index is 13.9. The highest BCUT2D eigenvalue weighted by Gasteiger charge is 2.09. The molecule has 100 valence electrons. The van der Waals surface area contributed by atoms with Gasteiger partial charge < -0.3 is 10.1 Å². The van der Waals surface area contributed by atoms with Gasteiger partial charge in [-0.1, -0.05) is 12.1 Å². The fourth-order valence-electron chi connectivity index (χ4n) is 1.75. The van der Waals surface area contributed by atoms with Crippen molar-refractivity contribution in [2.75, 3.05) is 7.05 Å². The quantitative estimate of drug-likeness (QED) is 0.897. The summed E-state index contributed by atoms with van der Waals surface area (Å²) >= 11 is 0. The average Bonchev–Trinajstić information content (AvgIpc) is 2.45. The Balaban J connectivity index is 2.04. The molecule has 3 nitrogen and oxygen atoms in total. The van der Waals surface area contributed by atoms with Crippen LogP contribution in [-0.2, 0) is 6.61 Å². The van der Waals surface area contributed by atoms with Crippen LogP contribution in [0.15, 0.2) is 42.7 Å². The van der Waals surface area contributed by atoms with Gasteiger partial charge in [0.05, 0.1) is 0 Å². The maximum Gasteiger partial charge on any atom is 0.131 e. The van der Waals surface area contributed by atoms with Crippen molar-refractivity contribution >= 4 is 0 Å². The molecule has 1 aromatic heterocycles. The summed E-state index contributed by atoms with van der Waals surface area (Å²) in [6.07, 6.45) is 3.44. The van der Waals surface area contributed by atoms with Gasteiger partial charge in [0.1, 0.15) is 18.2 Å². The molecule has 1 N–H and O–H groups in total. The van der Waals surface area contributed by atoms with Crippen LogP contribution in [0.3, 0.4) is 0 Å². The molecule has 0 saturated heterocycles. The minimum absolute atomic E-state index is 0.0210. The van der Waals surface area contributed by atoms with Gasteiger partial charge in [-0.2, -0.15) is 0 Å². The summed E-state index contributed by atoms with van der Waals surface area (Å²) in [5.41, 5.74) is 1.59. The molecule has 2 rings (SSSR count). The van der Waals surface area contributed by atoms with Gasteiger partial charge in [-0.05, 0) is 26.1 Å². The lowest BCUT2D eigenvalue weighted by Gasteiger charge is -2.13. The fraction of sp³-hybridized carbons (Fsp3) is 0.267. The van der Waals surface area contributed by atoms with Gasteiger partial charge in [-0.15, -0.1) is 0 Å². The monoisotopic (exact) mass is 260 g/mol. The summed E-state index contributed by atoms with van der Waals surface area (Å²) in [7, 11) is 1.80. The molecule has 1 atom stereocenters. The molecule has 4 heteroatoms. The average molecular weight is 260 g/mol. The second-order valence-electron chi connectivity index (χ2n) is 4.34. The first-order chi connectivity index (χ1) is 9.20. The number of benzene rings is 1. The molecule has 0 fully saturated rings. The Morgan fingerprint density at radius 3 is 2.84 bits per heavy atom. The molecule has 0 aliphatic carbocycles. The van der Waals surface area contributed by atoms with E-state index in [0.717, 1.165) is 5.56 Å². The van der Waals surface area contributed by atoms with Crippen LogP contribution in [0, 0.1) is 5.82 Å². The Morgan fingerprint density at radius 1 is 1.37 bits per heavy atom. The summed E-state index contributed by atoms with van der Waals surface area (Å²) in [4.78, 5) is 4.00. The molecule has 1 aromatic carbocycles. The van der Waals surface area contributed by atoms with Gasteiger partial charge in [-0.25, -0.2) is 4.39 Å². The van der Waals surface area contributed by atoms with Gasteiger partial charge in [0.2, 0.25) is 0 Å². The van der Waals surface area contributed by atoms with Crippen molar-refractivity contribution in [1.29, 1.82) is 0 Å². The summed E-state index contributed by atoms with van der Waals surface area (Å²) in [5, 5.41) is 3.01. The third-order valence-corrected chi connectivity index (χ3v) is 3.00. The van der Waals surface area contributed by atoms with E-state index in [2.05, 4.69) is 10.3 Å². The zero-order chi connectivity index (χ0) is 13.7. The van der Waals surface area contributed by atoms with Gasteiger partial charge in [0.15, 0.2) is 0 Å². The van der Waals surface area contributed by atoms with Crippen molar-refractivity contribution in [2.45, 2.75) is 19.6 Å². The number of halogens is 1. The molecule has 0 radical (unpaired) electrons. The van der Waals surface area contributed by atoms with E-state index in [-0.39, 0.29) is 11.9 Å². The Labute approximate surface area is 112 Å². The third kappa shape index (κ3) is 3.51. The molecule has 2 aromatic rings. The van der Waals surface area contributed by atoms with Crippen molar-refractivity contribution in [3.8, 4) is 5.75 Å². The summed E-state index contributed by atoms with van der Waals surface area (Å²) < 4.78 is 19.4. The van der Waals surface area contributed by atoms with Crippen LogP contribution < -0.4 is 10.1 Å². The molecule has 0 aliphatic heterocycles. The SMILES string of the molecule is CNC(C)c1ccc(OCc2cccnc2)cc1F. The highest BCUT2D eigenvalue weighted by molar-refractivity contribution is 5.30. The summed E-state index contributed by atoms with van der Waals surface area (Å²) in [6, 6.07) is 8.68. The number of hydrogen-bond donors (Lipinski definition) is 1. The Morgan fingerprint density at radius 2 is 2.21 bits per heavy atom. The predicted octanol–water partition coefficient (Wildman–Crippen LogP) is 3.08. The molecular formula is C15H17FN2O. The van der Waals surface area contributed by atoms with Crippen molar-refractivity contribution in [1.82, 2.24) is 10.3 Å². The van der Waals surface area contributed by atoms with Crippen LogP contribution in [0.2, 0.25) is 0 Å². The van der Waals surface area contributed by atoms with E-state index in [0.29, 0.717) is 17.9 Å². The molecule has 1 unspecified atom stereocenters. The number of rotatable bonds is 5. The second kappa shape index (κ2) is 6.29. The lowest BCUT2D eigenvalue weighted by Crippen LogP contribution is -2.13. The molecule has 0 aliphatic rings. The van der Waals surface area contributed by atoms with E-state index in [1.54, 1.807) is 31.6 Å². The first kappa shape index (κ1) is 13.5. The number of hydrogen-bond acceptors (Lipinski definition) is 3. The Hall–Kier alpha value is -1.94. The minimum Gasteiger partial charge on any atom is -0.489 e. The zero-order valence-electron chi connectivity index (χ0n) is 11.1. The molecular weight excluding hydrogens is 243 g/mol. The highest BCUT2D eigenvalue weighted by Crippen LogP contribution is 2.22. The molecule has 0 saturated carbocycles. The van der Waals surface area contributed by atoms with Crippen LogP contribution in [-0.4, -0.2) is 12.0 Å². The van der Waals surface area contributed by atoms with Gasteiger partial charge in [0.25, 0.3) is 0 Å². The van der Waals surface area contributed by atoms with Crippen LogP contribution in [0.5, 0.6) is 5.75 Å². The number of nitrogens with one attached hydrogen (secondary N) is 1. The van der Waals surface area contributed by atoms with Crippen LogP contribution in [0.4, 0.5) is 4.39 Å². The normalized spacial score (nSPS) is 12.2. The molecule has 0 spiro atoms. The minimum atomic E-state index is -0.259. The number of pyridine rings is 1. The Kier molecular flexibility index (Phi) is 4.47. The fourth-order valence-corrected chi connectivity index (χ4v) is 1.75. The smallest absolute Gasteiger partial charge is 0.131 e. The number of nitrogens with zero attached hydrogens (tertiary/aromatic N) is 1. The van der Waals surface area contributed by atoms with Gasteiger partial charge >= 0.3 is 0 Å². The van der Waals surface area contributed by atoms with Crippen molar-refractivity contribution in [2.24, 2.45) is 0 Å². The van der Waals surface area contributed by atoms with E-state index in [4.69, 9.17) is 4.74 Å². The van der Waals surface area contributed by atoms with E-state index < -0.39 is 0 Å². The second-order valence-corrected chi connectivity index (χ2v) is 4.34. The molecule has 0 bridgehead atoms. The first-order valence-corrected chi connectivity index (χ1v) is 6.19. The summed E-state index contributed by atoms with van der Waals surface area (Å²) in [5.74, 6) is 0.263. The van der Waals surface area contributed by atoms with E-state index in [1.165, 1.54) is 6.07 Å². The third-order valence-electron chi connectivity index (χ3n) is 3.00.